The van der Waals surface area contributed by atoms with Crippen molar-refractivity contribution in [2.75, 3.05) is 11.5 Å². The van der Waals surface area contributed by atoms with Crippen molar-refractivity contribution in [3.63, 3.8) is 0 Å². The molecule has 190 valence electrons. The molecule has 0 atom stereocenters. The van der Waals surface area contributed by atoms with E-state index in [4.69, 9.17) is 33.3 Å². The highest BCUT2D eigenvalue weighted by Crippen LogP contribution is 2.40. The number of thiocarbonyl (C=S) groups is 1. The summed E-state index contributed by atoms with van der Waals surface area (Å²) in [6.07, 6.45) is 4.27. The lowest BCUT2D eigenvalue weighted by Crippen LogP contribution is -2.28. The molecule has 1 heterocycles. The molecule has 0 bridgehead atoms. The van der Waals surface area contributed by atoms with Gasteiger partial charge in [-0.2, -0.15) is 0 Å². The zero-order valence-electron chi connectivity index (χ0n) is 21.0. The molecule has 0 N–H and O–H groups in total. The van der Waals surface area contributed by atoms with Gasteiger partial charge in [-0.05, 0) is 80.3 Å². The smallest absolute Gasteiger partial charge is 0.270 e. The zero-order valence-corrected chi connectivity index (χ0v) is 23.4. The molecule has 0 radical (unpaired) electrons. The second-order valence-electron chi connectivity index (χ2n) is 8.66. The lowest BCUT2D eigenvalue weighted by Gasteiger charge is -2.18. The maximum absolute atomic E-state index is 13.4. The lowest BCUT2D eigenvalue weighted by molar-refractivity contribution is -0.113. The van der Waals surface area contributed by atoms with Crippen molar-refractivity contribution in [2.24, 2.45) is 0 Å². The molecule has 4 nitrogen and oxygen atoms in total. The van der Waals surface area contributed by atoms with Gasteiger partial charge in [0, 0.05) is 10.6 Å². The number of halogens is 1. The predicted octanol–water partition coefficient (Wildman–Crippen LogP) is 8.07. The molecule has 0 aromatic heterocycles. The van der Waals surface area contributed by atoms with E-state index >= 15 is 0 Å². The molecular weight excluding hydrogens is 522 g/mol. The summed E-state index contributed by atoms with van der Waals surface area (Å²) < 4.78 is 12.7. The molecule has 1 aliphatic rings. The quantitative estimate of drug-likeness (QED) is 0.153. The Hall–Kier alpha value is -3.06. The second kappa shape index (κ2) is 12.0. The topological polar surface area (TPSA) is 38.8 Å². The van der Waals surface area contributed by atoms with E-state index in [-0.39, 0.29) is 5.91 Å². The summed E-state index contributed by atoms with van der Waals surface area (Å²) in [4.78, 5) is 15.6. The molecule has 3 aromatic rings. The molecule has 0 saturated carbocycles. The van der Waals surface area contributed by atoms with E-state index in [1.54, 1.807) is 4.90 Å². The van der Waals surface area contributed by atoms with Crippen molar-refractivity contribution in [2.45, 2.75) is 33.8 Å². The Kier molecular flexibility index (Phi) is 8.75. The van der Waals surface area contributed by atoms with Crippen molar-refractivity contribution in [3.8, 4) is 11.5 Å². The normalized spacial score (nSPS) is 14.4. The SMILES string of the molecule is C=CCc1cc(/C=C2/SC(=S)N(c3ccc(C)cc3C)C2=O)cc(OCC)c1OCc1ccc(Cl)cc1. The monoisotopic (exact) mass is 549 g/mol. The van der Waals surface area contributed by atoms with Gasteiger partial charge >= 0.3 is 0 Å². The summed E-state index contributed by atoms with van der Waals surface area (Å²) in [6.45, 7) is 10.7. The van der Waals surface area contributed by atoms with Gasteiger partial charge in [-0.3, -0.25) is 9.69 Å². The Morgan fingerprint density at radius 1 is 1.08 bits per heavy atom. The van der Waals surface area contributed by atoms with E-state index in [0.29, 0.717) is 45.4 Å². The summed E-state index contributed by atoms with van der Waals surface area (Å²) in [5.41, 5.74) is 5.71. The van der Waals surface area contributed by atoms with Gasteiger partial charge in [0.1, 0.15) is 6.61 Å². The Labute approximate surface area is 232 Å². The van der Waals surface area contributed by atoms with E-state index in [1.807, 2.05) is 81.5 Å². The first kappa shape index (κ1) is 27.0. The molecule has 4 rings (SSSR count). The van der Waals surface area contributed by atoms with Crippen LogP contribution < -0.4 is 14.4 Å². The van der Waals surface area contributed by atoms with E-state index in [2.05, 4.69) is 12.6 Å². The Bertz CT molecular complexity index is 1380. The minimum atomic E-state index is -0.131. The fourth-order valence-electron chi connectivity index (χ4n) is 4.12. The average molecular weight is 550 g/mol. The van der Waals surface area contributed by atoms with Crippen LogP contribution in [0, 0.1) is 13.8 Å². The third kappa shape index (κ3) is 6.27. The third-order valence-electron chi connectivity index (χ3n) is 5.80. The number of aryl methyl sites for hydroxylation is 2. The number of allylic oxidation sites excluding steroid dienone is 1. The fraction of sp³-hybridized carbons (Fsp3) is 0.200. The Morgan fingerprint density at radius 2 is 1.84 bits per heavy atom. The number of amides is 1. The molecule has 1 saturated heterocycles. The molecule has 0 aliphatic carbocycles. The number of carbonyl (C=O) groups is 1. The maximum atomic E-state index is 13.4. The number of anilines is 1. The first-order chi connectivity index (χ1) is 17.8. The minimum absolute atomic E-state index is 0.131. The van der Waals surface area contributed by atoms with Gasteiger partial charge in [0.15, 0.2) is 15.8 Å². The highest BCUT2D eigenvalue weighted by molar-refractivity contribution is 8.27. The predicted molar refractivity (Wildman–Crippen MR) is 159 cm³/mol. The van der Waals surface area contributed by atoms with Crippen LogP contribution in [0.25, 0.3) is 6.08 Å². The number of rotatable bonds is 9. The molecule has 1 aliphatic heterocycles. The third-order valence-corrected chi connectivity index (χ3v) is 7.35. The van der Waals surface area contributed by atoms with Gasteiger partial charge in [0.25, 0.3) is 5.91 Å². The van der Waals surface area contributed by atoms with Crippen LogP contribution in [-0.2, 0) is 17.8 Å². The number of benzene rings is 3. The van der Waals surface area contributed by atoms with Gasteiger partial charge in [-0.1, -0.05) is 71.5 Å². The summed E-state index contributed by atoms with van der Waals surface area (Å²) in [5.74, 6) is 1.15. The van der Waals surface area contributed by atoms with Crippen molar-refractivity contribution >= 4 is 57.6 Å². The first-order valence-corrected chi connectivity index (χ1v) is 13.5. The molecule has 0 spiro atoms. The van der Waals surface area contributed by atoms with Gasteiger partial charge in [-0.15, -0.1) is 6.58 Å². The van der Waals surface area contributed by atoms with Crippen LogP contribution in [-0.4, -0.2) is 16.8 Å². The summed E-state index contributed by atoms with van der Waals surface area (Å²) in [6, 6.07) is 17.4. The number of nitrogens with zero attached hydrogens (tertiary/aromatic N) is 1. The lowest BCUT2D eigenvalue weighted by atomic mass is 10.0. The van der Waals surface area contributed by atoms with Crippen LogP contribution in [0.3, 0.4) is 0 Å². The van der Waals surface area contributed by atoms with Crippen molar-refractivity contribution < 1.29 is 14.3 Å². The van der Waals surface area contributed by atoms with Gasteiger partial charge in [-0.25, -0.2) is 0 Å². The van der Waals surface area contributed by atoms with E-state index in [1.165, 1.54) is 11.8 Å². The first-order valence-electron chi connectivity index (χ1n) is 11.9. The van der Waals surface area contributed by atoms with Crippen molar-refractivity contribution in [3.05, 3.63) is 105 Å². The number of hydrogen-bond donors (Lipinski definition) is 0. The Balaban J connectivity index is 1.67. The fourth-order valence-corrected chi connectivity index (χ4v) is 5.53. The van der Waals surface area contributed by atoms with Crippen LogP contribution >= 0.6 is 35.6 Å². The molecule has 0 unspecified atom stereocenters. The second-order valence-corrected chi connectivity index (χ2v) is 10.8. The van der Waals surface area contributed by atoms with Gasteiger partial charge < -0.3 is 9.47 Å². The number of thioether (sulfide) groups is 1. The summed E-state index contributed by atoms with van der Waals surface area (Å²) >= 11 is 12.9. The van der Waals surface area contributed by atoms with E-state index in [0.717, 1.165) is 33.5 Å². The highest BCUT2D eigenvalue weighted by Gasteiger charge is 2.34. The molecule has 1 fully saturated rings. The maximum Gasteiger partial charge on any atom is 0.270 e. The minimum Gasteiger partial charge on any atom is -0.490 e. The van der Waals surface area contributed by atoms with E-state index < -0.39 is 0 Å². The number of ether oxygens (including phenoxy) is 2. The van der Waals surface area contributed by atoms with E-state index in [9.17, 15) is 4.79 Å². The molecule has 1 amide bonds. The van der Waals surface area contributed by atoms with Crippen LogP contribution in [0.1, 0.15) is 34.7 Å². The van der Waals surface area contributed by atoms with Gasteiger partial charge in [0.2, 0.25) is 0 Å². The largest absolute Gasteiger partial charge is 0.490 e. The highest BCUT2D eigenvalue weighted by atomic mass is 35.5. The standard InChI is InChI=1S/C30H28ClNO3S2/c1-5-7-23-15-22(16-26(34-6-2)28(23)35-18-21-9-11-24(31)12-10-21)17-27-29(33)32(30(36)37-27)25-13-8-19(3)14-20(25)4/h5,8-17H,1,6-7,18H2,2-4H3/b27-17+. The molecule has 3 aromatic carbocycles. The van der Waals surface area contributed by atoms with Crippen LogP contribution in [0.5, 0.6) is 11.5 Å². The van der Waals surface area contributed by atoms with Crippen molar-refractivity contribution in [1.29, 1.82) is 0 Å². The van der Waals surface area contributed by atoms with Gasteiger partial charge in [0.05, 0.1) is 17.2 Å². The van der Waals surface area contributed by atoms with Crippen LogP contribution in [0.4, 0.5) is 5.69 Å². The number of carbonyl (C=O) groups excluding carboxylic acids is 1. The van der Waals surface area contributed by atoms with Crippen molar-refractivity contribution in [1.82, 2.24) is 0 Å². The summed E-state index contributed by atoms with van der Waals surface area (Å²) in [5, 5.41) is 0.679. The number of hydrogen-bond acceptors (Lipinski definition) is 5. The average Bonchev–Trinajstić information content (AvgIpc) is 3.12. The van der Waals surface area contributed by atoms with Crippen LogP contribution in [0.2, 0.25) is 5.02 Å². The Morgan fingerprint density at radius 3 is 2.51 bits per heavy atom. The zero-order chi connectivity index (χ0) is 26.5. The molecule has 37 heavy (non-hydrogen) atoms. The van der Waals surface area contributed by atoms with Crippen LogP contribution in [0.15, 0.2) is 72.2 Å². The molecular formula is C30H28ClNO3S2. The summed E-state index contributed by atoms with van der Waals surface area (Å²) in [7, 11) is 0. The molecule has 7 heteroatoms.